The van der Waals surface area contributed by atoms with Gasteiger partial charge in [-0.05, 0) is 19.8 Å². The van der Waals surface area contributed by atoms with Crippen molar-refractivity contribution in [3.8, 4) is 0 Å². The zero-order chi connectivity index (χ0) is 19.4. The molecule has 1 aliphatic carbocycles. The van der Waals surface area contributed by atoms with E-state index in [1.807, 2.05) is 0 Å². The Morgan fingerprint density at radius 3 is 2.58 bits per heavy atom. The summed E-state index contributed by atoms with van der Waals surface area (Å²) in [5.74, 6) is -0.755. The van der Waals surface area contributed by atoms with E-state index in [1.165, 1.54) is 6.92 Å². The summed E-state index contributed by atoms with van der Waals surface area (Å²) in [5, 5.41) is 5.24. The minimum Gasteiger partial charge on any atom is -0.370 e. The molecule has 0 aromatic carbocycles. The van der Waals surface area contributed by atoms with Crippen molar-refractivity contribution in [1.82, 2.24) is 15.5 Å². The predicted molar refractivity (Wildman–Crippen MR) is 85.2 cm³/mol. The SMILES string of the molecule is CC(COCC(F)(F)F)NC(=O)CCN1C(=O)NC2(CCCCC2)C1=O. The molecule has 0 aromatic rings. The van der Waals surface area contributed by atoms with Gasteiger partial charge in [-0.25, -0.2) is 4.79 Å². The topological polar surface area (TPSA) is 87.7 Å². The quantitative estimate of drug-likeness (QED) is 0.660. The molecule has 1 saturated carbocycles. The first kappa shape index (κ1) is 20.5. The molecule has 148 valence electrons. The average Bonchev–Trinajstić information content (AvgIpc) is 2.75. The summed E-state index contributed by atoms with van der Waals surface area (Å²) in [7, 11) is 0. The van der Waals surface area contributed by atoms with Gasteiger partial charge in [-0.15, -0.1) is 0 Å². The fraction of sp³-hybridized carbons (Fsp3) is 0.812. The van der Waals surface area contributed by atoms with Crippen molar-refractivity contribution in [2.24, 2.45) is 0 Å². The number of carbonyl (C=O) groups excluding carboxylic acids is 3. The van der Waals surface area contributed by atoms with E-state index in [-0.39, 0.29) is 25.5 Å². The molecule has 10 heteroatoms. The highest BCUT2D eigenvalue weighted by Gasteiger charge is 2.51. The molecule has 1 unspecified atom stereocenters. The Bertz CT molecular complexity index is 547. The van der Waals surface area contributed by atoms with Crippen molar-refractivity contribution >= 4 is 17.8 Å². The largest absolute Gasteiger partial charge is 0.411 e. The third-order valence-electron chi connectivity index (χ3n) is 4.56. The van der Waals surface area contributed by atoms with E-state index in [4.69, 9.17) is 0 Å². The standard InChI is InChI=1S/C16H24F3N3O4/c1-11(9-26-10-16(17,18)19)20-12(23)5-8-22-13(24)15(21-14(22)25)6-3-2-4-7-15/h11H,2-10H2,1H3,(H,20,23)(H,21,25). The van der Waals surface area contributed by atoms with E-state index in [2.05, 4.69) is 15.4 Å². The fourth-order valence-corrected chi connectivity index (χ4v) is 3.33. The number of hydrogen-bond acceptors (Lipinski definition) is 4. The van der Waals surface area contributed by atoms with Crippen molar-refractivity contribution in [1.29, 1.82) is 0 Å². The summed E-state index contributed by atoms with van der Waals surface area (Å²) in [4.78, 5) is 37.6. The maximum absolute atomic E-state index is 12.5. The minimum absolute atomic E-state index is 0.0611. The van der Waals surface area contributed by atoms with E-state index in [1.54, 1.807) is 0 Å². The number of nitrogens with one attached hydrogen (secondary N) is 2. The Morgan fingerprint density at radius 2 is 1.96 bits per heavy atom. The molecule has 2 N–H and O–H groups in total. The molecular formula is C16H24F3N3O4. The number of ether oxygens (including phenoxy) is 1. The second kappa shape index (κ2) is 8.24. The van der Waals surface area contributed by atoms with Gasteiger partial charge in [-0.1, -0.05) is 19.3 Å². The Balaban J connectivity index is 1.75. The van der Waals surface area contributed by atoms with E-state index in [0.717, 1.165) is 24.2 Å². The number of nitrogens with zero attached hydrogens (tertiary/aromatic N) is 1. The van der Waals surface area contributed by atoms with Gasteiger partial charge in [0.25, 0.3) is 5.91 Å². The highest BCUT2D eigenvalue weighted by Crippen LogP contribution is 2.33. The van der Waals surface area contributed by atoms with Gasteiger partial charge in [0.15, 0.2) is 0 Å². The van der Waals surface area contributed by atoms with Crippen molar-refractivity contribution in [3.05, 3.63) is 0 Å². The molecule has 1 atom stereocenters. The number of halogens is 3. The molecule has 7 nitrogen and oxygen atoms in total. The lowest BCUT2D eigenvalue weighted by atomic mass is 9.82. The maximum Gasteiger partial charge on any atom is 0.411 e. The third-order valence-corrected chi connectivity index (χ3v) is 4.56. The Kier molecular flexibility index (Phi) is 6.48. The molecular weight excluding hydrogens is 355 g/mol. The average molecular weight is 379 g/mol. The first-order chi connectivity index (χ1) is 12.1. The van der Waals surface area contributed by atoms with Crippen LogP contribution in [0.15, 0.2) is 0 Å². The van der Waals surface area contributed by atoms with Crippen LogP contribution < -0.4 is 10.6 Å². The maximum atomic E-state index is 12.5. The Hall–Kier alpha value is -1.84. The summed E-state index contributed by atoms with van der Waals surface area (Å²) < 4.78 is 40.5. The lowest BCUT2D eigenvalue weighted by molar-refractivity contribution is -0.175. The van der Waals surface area contributed by atoms with Crippen molar-refractivity contribution in [2.75, 3.05) is 19.8 Å². The number of urea groups is 1. The molecule has 0 radical (unpaired) electrons. The smallest absolute Gasteiger partial charge is 0.370 e. The monoisotopic (exact) mass is 379 g/mol. The number of carbonyl (C=O) groups is 3. The number of rotatable bonds is 7. The molecule has 1 spiro atoms. The number of hydrogen-bond donors (Lipinski definition) is 2. The molecule has 2 aliphatic rings. The molecule has 26 heavy (non-hydrogen) atoms. The number of imide groups is 1. The fourth-order valence-electron chi connectivity index (χ4n) is 3.33. The van der Waals surface area contributed by atoms with Crippen molar-refractivity contribution in [3.63, 3.8) is 0 Å². The lowest BCUT2D eigenvalue weighted by Gasteiger charge is -2.30. The molecule has 1 saturated heterocycles. The van der Waals surface area contributed by atoms with Gasteiger partial charge >= 0.3 is 12.2 Å². The molecule has 1 aliphatic heterocycles. The van der Waals surface area contributed by atoms with Gasteiger partial charge in [0.05, 0.1) is 6.61 Å². The van der Waals surface area contributed by atoms with Crippen LogP contribution in [0.3, 0.4) is 0 Å². The van der Waals surface area contributed by atoms with Crippen LogP contribution in [0.4, 0.5) is 18.0 Å². The molecule has 2 rings (SSSR count). The Morgan fingerprint density at radius 1 is 1.31 bits per heavy atom. The summed E-state index contributed by atoms with van der Waals surface area (Å²) in [6.07, 6.45) is -0.546. The molecule has 1 heterocycles. The Labute approximate surface area is 149 Å². The summed E-state index contributed by atoms with van der Waals surface area (Å²) in [6.45, 7) is -0.206. The van der Waals surface area contributed by atoms with Gasteiger partial charge in [-0.2, -0.15) is 13.2 Å². The van der Waals surface area contributed by atoms with E-state index < -0.39 is 36.3 Å². The third kappa shape index (κ3) is 5.33. The first-order valence-corrected chi connectivity index (χ1v) is 8.71. The van der Waals surface area contributed by atoms with Crippen LogP contribution in [0.2, 0.25) is 0 Å². The molecule has 2 fully saturated rings. The number of amides is 4. The first-order valence-electron chi connectivity index (χ1n) is 8.71. The van der Waals surface area contributed by atoms with Crippen LogP contribution in [0.25, 0.3) is 0 Å². The van der Waals surface area contributed by atoms with Gasteiger partial charge in [-0.3, -0.25) is 14.5 Å². The molecule has 4 amide bonds. The van der Waals surface area contributed by atoms with Gasteiger partial charge in [0.1, 0.15) is 12.1 Å². The zero-order valence-electron chi connectivity index (χ0n) is 14.7. The summed E-state index contributed by atoms with van der Waals surface area (Å²) in [5.41, 5.74) is -0.829. The van der Waals surface area contributed by atoms with E-state index in [9.17, 15) is 27.6 Å². The highest BCUT2D eigenvalue weighted by atomic mass is 19.4. The van der Waals surface area contributed by atoms with Crippen LogP contribution in [0.5, 0.6) is 0 Å². The van der Waals surface area contributed by atoms with Crippen LogP contribution in [-0.2, 0) is 14.3 Å². The predicted octanol–water partition coefficient (Wildman–Crippen LogP) is 1.71. The summed E-state index contributed by atoms with van der Waals surface area (Å²) in [6, 6.07) is -1.11. The van der Waals surface area contributed by atoms with Gasteiger partial charge < -0.3 is 15.4 Å². The van der Waals surface area contributed by atoms with Gasteiger partial charge in [0, 0.05) is 19.0 Å². The number of alkyl halides is 3. The normalized spacial score (nSPS) is 21.0. The molecule has 0 bridgehead atoms. The van der Waals surface area contributed by atoms with Crippen LogP contribution in [0, 0.1) is 0 Å². The van der Waals surface area contributed by atoms with Crippen LogP contribution in [0.1, 0.15) is 45.4 Å². The molecule has 0 aromatic heterocycles. The van der Waals surface area contributed by atoms with Crippen molar-refractivity contribution in [2.45, 2.75) is 63.2 Å². The van der Waals surface area contributed by atoms with Crippen molar-refractivity contribution < 1.29 is 32.3 Å². The zero-order valence-corrected chi connectivity index (χ0v) is 14.7. The lowest BCUT2D eigenvalue weighted by Crippen LogP contribution is -2.48. The van der Waals surface area contributed by atoms with E-state index in [0.29, 0.717) is 12.8 Å². The van der Waals surface area contributed by atoms with Crippen LogP contribution in [-0.4, -0.2) is 60.3 Å². The second-order valence-electron chi connectivity index (χ2n) is 6.88. The van der Waals surface area contributed by atoms with Crippen LogP contribution >= 0.6 is 0 Å². The summed E-state index contributed by atoms with van der Waals surface area (Å²) >= 11 is 0. The minimum atomic E-state index is -4.41. The van der Waals surface area contributed by atoms with Gasteiger partial charge in [0.2, 0.25) is 5.91 Å². The second-order valence-corrected chi connectivity index (χ2v) is 6.88. The highest BCUT2D eigenvalue weighted by molar-refractivity contribution is 6.07. The van der Waals surface area contributed by atoms with E-state index >= 15 is 0 Å².